The van der Waals surface area contributed by atoms with Gasteiger partial charge in [-0.25, -0.2) is 4.98 Å². The second-order valence-corrected chi connectivity index (χ2v) is 5.24. The lowest BCUT2D eigenvalue weighted by molar-refractivity contribution is 0.0823. The minimum Gasteiger partial charge on any atom is -0.361 e. The number of rotatable bonds is 4. The highest BCUT2D eigenvalue weighted by atomic mass is 32.2. The molecule has 2 aromatic rings. The molecule has 0 aliphatic heterocycles. The summed E-state index contributed by atoms with van der Waals surface area (Å²) in [5, 5.41) is 4.63. The average molecular weight is 277 g/mol. The van der Waals surface area contributed by atoms with Crippen LogP contribution >= 0.6 is 11.8 Å². The van der Waals surface area contributed by atoms with E-state index in [2.05, 4.69) is 10.1 Å². The van der Waals surface area contributed by atoms with E-state index in [1.165, 1.54) is 11.8 Å². The van der Waals surface area contributed by atoms with E-state index < -0.39 is 0 Å². The first-order chi connectivity index (χ1) is 9.08. The number of carbonyl (C=O) groups excluding carboxylic acids is 1. The van der Waals surface area contributed by atoms with Gasteiger partial charge in [0.05, 0.1) is 11.3 Å². The van der Waals surface area contributed by atoms with Crippen molar-refractivity contribution < 1.29 is 9.32 Å². The Bertz CT molecular complexity index is 581. The summed E-state index contributed by atoms with van der Waals surface area (Å²) >= 11 is 1.48. The van der Waals surface area contributed by atoms with Gasteiger partial charge in [-0.1, -0.05) is 16.9 Å². The fourth-order valence-electron chi connectivity index (χ4n) is 1.54. The number of aromatic nitrogens is 2. The normalized spacial score (nSPS) is 10.5. The smallest absolute Gasteiger partial charge is 0.256 e. The van der Waals surface area contributed by atoms with Crippen molar-refractivity contribution in [2.45, 2.75) is 17.7 Å². The van der Waals surface area contributed by atoms with Gasteiger partial charge in [-0.15, -0.1) is 0 Å². The predicted molar refractivity (Wildman–Crippen MR) is 73.1 cm³/mol. The molecule has 2 aromatic heterocycles. The maximum atomic E-state index is 12.0. The Labute approximate surface area is 116 Å². The standard InChI is InChI=1S/C13H15N3O2S/c1-9-7-10(15-18-9)8-19-12-11(5-4-6-14-12)13(17)16(2)3/h4-7H,8H2,1-3H3. The SMILES string of the molecule is Cc1cc(CSc2ncccc2C(=O)N(C)C)no1. The van der Waals surface area contributed by atoms with Crippen LogP contribution < -0.4 is 0 Å². The summed E-state index contributed by atoms with van der Waals surface area (Å²) in [5.74, 6) is 1.36. The molecule has 5 nitrogen and oxygen atoms in total. The Kier molecular flexibility index (Phi) is 4.21. The number of thioether (sulfide) groups is 1. The summed E-state index contributed by atoms with van der Waals surface area (Å²) in [7, 11) is 3.45. The number of pyridine rings is 1. The van der Waals surface area contributed by atoms with Crippen molar-refractivity contribution in [3.05, 3.63) is 41.4 Å². The van der Waals surface area contributed by atoms with Crippen LogP contribution in [0.1, 0.15) is 21.8 Å². The first kappa shape index (κ1) is 13.6. The molecule has 100 valence electrons. The second kappa shape index (κ2) is 5.88. The fourth-order valence-corrected chi connectivity index (χ4v) is 2.40. The molecule has 2 rings (SSSR count). The topological polar surface area (TPSA) is 59.2 Å². The summed E-state index contributed by atoms with van der Waals surface area (Å²) in [6.45, 7) is 1.85. The minimum atomic E-state index is -0.0491. The van der Waals surface area contributed by atoms with Gasteiger partial charge in [0.2, 0.25) is 0 Å². The predicted octanol–water partition coefficient (Wildman–Crippen LogP) is 2.37. The molecule has 2 heterocycles. The van der Waals surface area contributed by atoms with Gasteiger partial charge in [-0.3, -0.25) is 4.79 Å². The molecule has 0 aromatic carbocycles. The van der Waals surface area contributed by atoms with Crippen molar-refractivity contribution in [3.63, 3.8) is 0 Å². The van der Waals surface area contributed by atoms with Crippen molar-refractivity contribution in [2.75, 3.05) is 14.1 Å². The Morgan fingerprint density at radius 2 is 2.26 bits per heavy atom. The van der Waals surface area contributed by atoms with Crippen molar-refractivity contribution in [2.24, 2.45) is 0 Å². The Balaban J connectivity index is 2.14. The number of amides is 1. The Hall–Kier alpha value is -1.82. The van der Waals surface area contributed by atoms with Gasteiger partial charge in [0.25, 0.3) is 5.91 Å². The lowest BCUT2D eigenvalue weighted by Crippen LogP contribution is -2.22. The van der Waals surface area contributed by atoms with Crippen LogP contribution in [0.3, 0.4) is 0 Å². The Morgan fingerprint density at radius 3 is 2.89 bits per heavy atom. The number of hydrogen-bond donors (Lipinski definition) is 0. The van der Waals surface area contributed by atoms with E-state index >= 15 is 0 Å². The fraction of sp³-hybridized carbons (Fsp3) is 0.308. The molecular weight excluding hydrogens is 262 g/mol. The lowest BCUT2D eigenvalue weighted by Gasteiger charge is -2.12. The monoisotopic (exact) mass is 277 g/mol. The van der Waals surface area contributed by atoms with E-state index in [9.17, 15) is 4.79 Å². The molecule has 0 N–H and O–H groups in total. The summed E-state index contributed by atoms with van der Waals surface area (Å²) in [6.07, 6.45) is 1.68. The van der Waals surface area contributed by atoms with Gasteiger partial charge >= 0.3 is 0 Å². The van der Waals surface area contributed by atoms with Crippen LogP contribution in [0.2, 0.25) is 0 Å². The van der Waals surface area contributed by atoms with Crippen LogP contribution in [0.15, 0.2) is 33.9 Å². The van der Waals surface area contributed by atoms with Crippen LogP contribution in [-0.4, -0.2) is 35.0 Å². The zero-order chi connectivity index (χ0) is 13.8. The third-order valence-corrected chi connectivity index (χ3v) is 3.48. The van der Waals surface area contributed by atoms with E-state index in [-0.39, 0.29) is 5.91 Å². The maximum absolute atomic E-state index is 12.0. The molecule has 0 fully saturated rings. The highest BCUT2D eigenvalue weighted by molar-refractivity contribution is 7.98. The first-order valence-electron chi connectivity index (χ1n) is 5.79. The molecular formula is C13H15N3O2S. The summed E-state index contributed by atoms with van der Waals surface area (Å²) in [6, 6.07) is 5.43. The van der Waals surface area contributed by atoms with Crippen LogP contribution in [0.25, 0.3) is 0 Å². The maximum Gasteiger partial charge on any atom is 0.256 e. The largest absolute Gasteiger partial charge is 0.361 e. The van der Waals surface area contributed by atoms with Gasteiger partial charge in [0.1, 0.15) is 10.8 Å². The van der Waals surface area contributed by atoms with Crippen LogP contribution in [0.5, 0.6) is 0 Å². The molecule has 0 unspecified atom stereocenters. The van der Waals surface area contributed by atoms with Crippen LogP contribution in [0.4, 0.5) is 0 Å². The van der Waals surface area contributed by atoms with Crippen molar-refractivity contribution in [1.29, 1.82) is 0 Å². The number of nitrogens with zero attached hydrogens (tertiary/aromatic N) is 3. The molecule has 1 amide bonds. The first-order valence-corrected chi connectivity index (χ1v) is 6.78. The highest BCUT2D eigenvalue weighted by Gasteiger charge is 2.14. The van der Waals surface area contributed by atoms with E-state index in [4.69, 9.17) is 4.52 Å². The molecule has 0 spiro atoms. The van der Waals surface area contributed by atoms with Crippen LogP contribution in [0, 0.1) is 6.92 Å². The molecule has 0 bridgehead atoms. The third kappa shape index (κ3) is 3.35. The molecule has 0 atom stereocenters. The second-order valence-electron chi connectivity index (χ2n) is 4.27. The van der Waals surface area contributed by atoms with Crippen molar-refractivity contribution in [3.8, 4) is 0 Å². The van der Waals surface area contributed by atoms with Crippen molar-refractivity contribution in [1.82, 2.24) is 15.0 Å². The van der Waals surface area contributed by atoms with Gasteiger partial charge in [0.15, 0.2) is 0 Å². The number of carbonyl (C=O) groups is 1. The minimum absolute atomic E-state index is 0.0491. The van der Waals surface area contributed by atoms with E-state index in [1.807, 2.05) is 13.0 Å². The molecule has 0 aliphatic rings. The molecule has 0 radical (unpaired) electrons. The average Bonchev–Trinajstić information content (AvgIpc) is 2.81. The summed E-state index contributed by atoms with van der Waals surface area (Å²) in [4.78, 5) is 17.8. The van der Waals surface area contributed by atoms with Gasteiger partial charge in [0, 0.05) is 32.1 Å². The highest BCUT2D eigenvalue weighted by Crippen LogP contribution is 2.24. The molecule has 0 aliphatic carbocycles. The van der Waals surface area contributed by atoms with Crippen LogP contribution in [-0.2, 0) is 5.75 Å². The summed E-state index contributed by atoms with van der Waals surface area (Å²) in [5.41, 5.74) is 1.45. The Morgan fingerprint density at radius 1 is 1.47 bits per heavy atom. The zero-order valence-corrected chi connectivity index (χ0v) is 11.9. The third-order valence-electron chi connectivity index (χ3n) is 2.44. The lowest BCUT2D eigenvalue weighted by atomic mass is 10.2. The molecule has 6 heteroatoms. The quantitative estimate of drug-likeness (QED) is 0.803. The van der Waals surface area contributed by atoms with Crippen molar-refractivity contribution >= 4 is 17.7 Å². The molecule has 0 saturated heterocycles. The number of aryl methyl sites for hydroxylation is 1. The van der Waals surface area contributed by atoms with Gasteiger partial charge in [-0.2, -0.15) is 0 Å². The van der Waals surface area contributed by atoms with E-state index in [1.54, 1.807) is 37.3 Å². The van der Waals surface area contributed by atoms with E-state index in [0.717, 1.165) is 11.5 Å². The molecule has 19 heavy (non-hydrogen) atoms. The zero-order valence-electron chi connectivity index (χ0n) is 11.1. The number of hydrogen-bond acceptors (Lipinski definition) is 5. The van der Waals surface area contributed by atoms with Gasteiger partial charge in [-0.05, 0) is 19.1 Å². The van der Waals surface area contributed by atoms with Gasteiger partial charge < -0.3 is 9.42 Å². The summed E-state index contributed by atoms with van der Waals surface area (Å²) < 4.78 is 5.01. The molecule has 0 saturated carbocycles. The van der Waals surface area contributed by atoms with E-state index in [0.29, 0.717) is 16.3 Å².